The maximum Gasteiger partial charge on any atom is 0.161 e. The van der Waals surface area contributed by atoms with Gasteiger partial charge in [0.25, 0.3) is 0 Å². The Balaban J connectivity index is 1.39. The molecule has 2 aromatic carbocycles. The highest BCUT2D eigenvalue weighted by atomic mass is 16.5. The Morgan fingerprint density at radius 3 is 2.20 bits per heavy atom. The fraction of sp³-hybridized carbons (Fsp3) is 0.567. The predicted octanol–water partition coefficient (Wildman–Crippen LogP) is 6.55. The van der Waals surface area contributed by atoms with Crippen LogP contribution in [-0.2, 0) is 0 Å². The standard InChI is InChI=1S/C30H37NO4/c1-3-33-29-15-23-22-6-4-5-7-25(22)31-30(24(23)16-27(29)32-2)21-12-13-26(34-17-19-8-9-19)28(14-21)35-18-20-10-11-20/h12-16,19-20,22,25H,3-11,17-18H2,1-2H3/t22-,25-/m0/s1. The van der Waals surface area contributed by atoms with E-state index in [4.69, 9.17) is 23.9 Å². The van der Waals surface area contributed by atoms with Gasteiger partial charge in [-0.25, -0.2) is 0 Å². The van der Waals surface area contributed by atoms with Crippen LogP contribution in [0.5, 0.6) is 23.0 Å². The molecule has 2 aromatic rings. The molecular weight excluding hydrogens is 438 g/mol. The third kappa shape index (κ3) is 4.87. The fourth-order valence-electron chi connectivity index (χ4n) is 5.48. The minimum atomic E-state index is 0.316. The molecule has 0 unspecified atom stereocenters. The Kier molecular flexibility index (Phi) is 6.34. The third-order valence-corrected chi connectivity index (χ3v) is 7.87. The van der Waals surface area contributed by atoms with E-state index < -0.39 is 0 Å². The molecule has 1 heterocycles. The first kappa shape index (κ1) is 22.8. The molecule has 0 amide bonds. The number of fused-ring (bicyclic) bond motifs is 3. The lowest BCUT2D eigenvalue weighted by Crippen LogP contribution is -2.29. The van der Waals surface area contributed by atoms with Crippen molar-refractivity contribution in [1.29, 1.82) is 0 Å². The molecule has 0 spiro atoms. The molecule has 3 saturated carbocycles. The van der Waals surface area contributed by atoms with Crippen LogP contribution in [0.3, 0.4) is 0 Å². The van der Waals surface area contributed by atoms with Crippen LogP contribution in [-0.4, -0.2) is 38.7 Å². The zero-order chi connectivity index (χ0) is 23.8. The van der Waals surface area contributed by atoms with Gasteiger partial charge in [-0.1, -0.05) is 12.8 Å². The number of hydrogen-bond acceptors (Lipinski definition) is 5. The number of aliphatic imine (C=N–C) groups is 1. The van der Waals surface area contributed by atoms with E-state index in [1.807, 2.05) is 6.92 Å². The van der Waals surface area contributed by atoms with Gasteiger partial charge >= 0.3 is 0 Å². The number of methoxy groups -OCH3 is 1. The molecule has 1 aliphatic heterocycles. The molecule has 5 nitrogen and oxygen atoms in total. The van der Waals surface area contributed by atoms with Crippen molar-refractivity contribution in [2.75, 3.05) is 26.9 Å². The van der Waals surface area contributed by atoms with Crippen molar-refractivity contribution in [2.24, 2.45) is 16.8 Å². The van der Waals surface area contributed by atoms with Crippen molar-refractivity contribution in [3.8, 4) is 23.0 Å². The molecule has 3 fully saturated rings. The van der Waals surface area contributed by atoms with Gasteiger partial charge in [-0.05, 0) is 93.2 Å². The number of ether oxygens (including phenoxy) is 4. The zero-order valence-corrected chi connectivity index (χ0v) is 21.1. The van der Waals surface area contributed by atoms with E-state index in [1.165, 1.54) is 50.5 Å². The summed E-state index contributed by atoms with van der Waals surface area (Å²) in [6.45, 7) is 4.19. The summed E-state index contributed by atoms with van der Waals surface area (Å²) in [4.78, 5) is 5.35. The van der Waals surface area contributed by atoms with Crippen molar-refractivity contribution < 1.29 is 18.9 Å². The molecular formula is C30H37NO4. The molecule has 6 rings (SSSR count). The van der Waals surface area contributed by atoms with Crippen LogP contribution < -0.4 is 18.9 Å². The molecule has 5 heteroatoms. The normalized spacial score (nSPS) is 23.1. The predicted molar refractivity (Wildman–Crippen MR) is 138 cm³/mol. The van der Waals surface area contributed by atoms with Gasteiger partial charge in [0.2, 0.25) is 0 Å². The average Bonchev–Trinajstić information content (AvgIpc) is 3.81. The van der Waals surface area contributed by atoms with Crippen molar-refractivity contribution in [3.05, 3.63) is 47.0 Å². The van der Waals surface area contributed by atoms with Crippen LogP contribution >= 0.6 is 0 Å². The van der Waals surface area contributed by atoms with E-state index in [0.717, 1.165) is 59.5 Å². The maximum absolute atomic E-state index is 6.31. The molecule has 0 radical (unpaired) electrons. The van der Waals surface area contributed by atoms with Crippen molar-refractivity contribution >= 4 is 5.71 Å². The first-order chi connectivity index (χ1) is 17.2. The summed E-state index contributed by atoms with van der Waals surface area (Å²) >= 11 is 0. The SMILES string of the molecule is CCOc1cc2c(cc1OC)C(c1ccc(OCC3CC3)c(OCC3CC3)c1)=N[C@H]1CCCC[C@@H]21. The highest BCUT2D eigenvalue weighted by Gasteiger charge is 2.35. The second-order valence-electron chi connectivity index (χ2n) is 10.6. The lowest BCUT2D eigenvalue weighted by atomic mass is 9.75. The van der Waals surface area contributed by atoms with Crippen LogP contribution in [0.15, 0.2) is 35.3 Å². The van der Waals surface area contributed by atoms with Crippen molar-refractivity contribution in [3.63, 3.8) is 0 Å². The molecule has 0 saturated heterocycles. The monoisotopic (exact) mass is 475 g/mol. The van der Waals surface area contributed by atoms with Gasteiger partial charge in [-0.2, -0.15) is 0 Å². The van der Waals surface area contributed by atoms with Crippen LogP contribution in [0.2, 0.25) is 0 Å². The summed E-state index contributed by atoms with van der Waals surface area (Å²) in [6, 6.07) is 11.1. The van der Waals surface area contributed by atoms with Crippen molar-refractivity contribution in [1.82, 2.24) is 0 Å². The van der Waals surface area contributed by atoms with Gasteiger partial charge in [-0.15, -0.1) is 0 Å². The molecule has 3 aliphatic carbocycles. The first-order valence-corrected chi connectivity index (χ1v) is 13.6. The van der Waals surface area contributed by atoms with Gasteiger partial charge in [0.05, 0.1) is 38.7 Å². The van der Waals surface area contributed by atoms with E-state index in [2.05, 4.69) is 30.3 Å². The van der Waals surface area contributed by atoms with Gasteiger partial charge in [-0.3, -0.25) is 4.99 Å². The highest BCUT2D eigenvalue weighted by Crippen LogP contribution is 2.45. The molecule has 35 heavy (non-hydrogen) atoms. The van der Waals surface area contributed by atoms with Crippen molar-refractivity contribution in [2.45, 2.75) is 70.3 Å². The highest BCUT2D eigenvalue weighted by molar-refractivity contribution is 6.15. The minimum Gasteiger partial charge on any atom is -0.493 e. The molecule has 0 N–H and O–H groups in total. The van der Waals surface area contributed by atoms with E-state index in [1.54, 1.807) is 7.11 Å². The molecule has 186 valence electrons. The van der Waals surface area contributed by atoms with Gasteiger partial charge in [0.1, 0.15) is 0 Å². The Bertz CT molecular complexity index is 1100. The van der Waals surface area contributed by atoms with E-state index in [-0.39, 0.29) is 0 Å². The Morgan fingerprint density at radius 1 is 0.771 bits per heavy atom. The van der Waals surface area contributed by atoms with Crippen LogP contribution in [0.1, 0.15) is 80.9 Å². The van der Waals surface area contributed by atoms with E-state index >= 15 is 0 Å². The lowest BCUT2D eigenvalue weighted by molar-refractivity contribution is 0.253. The number of hydrogen-bond donors (Lipinski definition) is 0. The quantitative estimate of drug-likeness (QED) is 0.391. The number of nitrogens with zero attached hydrogens (tertiary/aromatic N) is 1. The summed E-state index contributed by atoms with van der Waals surface area (Å²) in [6.07, 6.45) is 9.90. The maximum atomic E-state index is 6.31. The molecule has 0 bridgehead atoms. The number of rotatable bonds is 10. The summed E-state index contributed by atoms with van der Waals surface area (Å²) in [7, 11) is 1.71. The second-order valence-corrected chi connectivity index (χ2v) is 10.6. The fourth-order valence-corrected chi connectivity index (χ4v) is 5.48. The molecule has 4 aliphatic rings. The Labute approximate surface area is 208 Å². The number of benzene rings is 2. The van der Waals surface area contributed by atoms with Gasteiger partial charge < -0.3 is 18.9 Å². The molecule has 2 atom stereocenters. The van der Waals surface area contributed by atoms with Crippen LogP contribution in [0.4, 0.5) is 0 Å². The third-order valence-electron chi connectivity index (χ3n) is 7.87. The summed E-state index contributed by atoms with van der Waals surface area (Å²) in [5.74, 6) is 5.14. The van der Waals surface area contributed by atoms with Crippen LogP contribution in [0.25, 0.3) is 0 Å². The van der Waals surface area contributed by atoms with Gasteiger partial charge in [0.15, 0.2) is 23.0 Å². The lowest BCUT2D eigenvalue weighted by Gasteiger charge is -2.36. The largest absolute Gasteiger partial charge is 0.493 e. The minimum absolute atomic E-state index is 0.316. The molecule has 0 aromatic heterocycles. The Hall–Kier alpha value is -2.69. The topological polar surface area (TPSA) is 49.3 Å². The van der Waals surface area contributed by atoms with Gasteiger partial charge in [0, 0.05) is 17.0 Å². The summed E-state index contributed by atoms with van der Waals surface area (Å²) < 4.78 is 24.2. The second kappa shape index (κ2) is 9.75. The first-order valence-electron chi connectivity index (χ1n) is 13.6. The Morgan fingerprint density at radius 2 is 1.49 bits per heavy atom. The average molecular weight is 476 g/mol. The smallest absolute Gasteiger partial charge is 0.161 e. The zero-order valence-electron chi connectivity index (χ0n) is 21.1. The summed E-state index contributed by atoms with van der Waals surface area (Å²) in [5, 5.41) is 0. The van der Waals surface area contributed by atoms with E-state index in [9.17, 15) is 0 Å². The van der Waals surface area contributed by atoms with Crippen LogP contribution in [0, 0.1) is 11.8 Å². The van der Waals surface area contributed by atoms with E-state index in [0.29, 0.717) is 30.4 Å². The summed E-state index contributed by atoms with van der Waals surface area (Å²) in [5.41, 5.74) is 4.63.